The predicted molar refractivity (Wildman–Crippen MR) is 55.1 cm³/mol. The van der Waals surface area contributed by atoms with Crippen molar-refractivity contribution in [2.75, 3.05) is 7.05 Å². The van der Waals surface area contributed by atoms with Gasteiger partial charge in [-0.15, -0.1) is 0 Å². The van der Waals surface area contributed by atoms with Crippen LogP contribution in [0.2, 0.25) is 0 Å². The number of rotatable bonds is 4. The van der Waals surface area contributed by atoms with Crippen molar-refractivity contribution in [2.24, 2.45) is 7.05 Å². The van der Waals surface area contributed by atoms with E-state index in [1.54, 1.807) is 17.2 Å². The van der Waals surface area contributed by atoms with Gasteiger partial charge in [0.25, 0.3) is 0 Å². The van der Waals surface area contributed by atoms with Gasteiger partial charge in [-0.05, 0) is 7.05 Å². The number of hydrogen-bond donors (Lipinski definition) is 1. The number of hydrogen-bond acceptors (Lipinski definition) is 4. The van der Waals surface area contributed by atoms with Crippen molar-refractivity contribution in [1.29, 1.82) is 0 Å². The van der Waals surface area contributed by atoms with Crippen molar-refractivity contribution in [2.45, 2.75) is 13.1 Å². The minimum atomic E-state index is 0.702. The molecule has 0 aliphatic carbocycles. The van der Waals surface area contributed by atoms with Gasteiger partial charge in [-0.2, -0.15) is 5.10 Å². The van der Waals surface area contributed by atoms with Gasteiger partial charge in [-0.3, -0.25) is 4.68 Å². The Bertz CT molecular complexity index is 429. The molecule has 0 spiro atoms. The van der Waals surface area contributed by atoms with Crippen LogP contribution < -0.4 is 5.32 Å². The van der Waals surface area contributed by atoms with E-state index in [1.807, 2.05) is 20.3 Å². The van der Waals surface area contributed by atoms with Gasteiger partial charge in [0.2, 0.25) is 0 Å². The highest BCUT2D eigenvalue weighted by molar-refractivity contribution is 4.96. The molecule has 2 heterocycles. The Kier molecular flexibility index (Phi) is 2.77. The van der Waals surface area contributed by atoms with E-state index < -0.39 is 0 Å². The molecule has 0 aromatic carbocycles. The summed E-state index contributed by atoms with van der Waals surface area (Å²) in [5.41, 5.74) is 0. The SMILES string of the molecule is CNCc1nccn1Cc1ncnn1C. The molecule has 80 valence electrons. The van der Waals surface area contributed by atoms with E-state index in [4.69, 9.17) is 0 Å². The number of nitrogens with zero attached hydrogens (tertiary/aromatic N) is 5. The normalized spacial score (nSPS) is 10.8. The number of nitrogens with one attached hydrogen (secondary N) is 1. The van der Waals surface area contributed by atoms with Gasteiger partial charge in [0.1, 0.15) is 18.0 Å². The maximum absolute atomic E-state index is 4.26. The van der Waals surface area contributed by atoms with Crippen molar-refractivity contribution in [3.63, 3.8) is 0 Å². The van der Waals surface area contributed by atoms with Crippen molar-refractivity contribution in [3.05, 3.63) is 30.4 Å². The standard InChI is InChI=1S/C9H14N6/c1-10-5-8-11-3-4-15(8)6-9-12-7-13-14(9)2/h3-4,7,10H,5-6H2,1-2H3. The van der Waals surface area contributed by atoms with E-state index >= 15 is 0 Å². The molecule has 2 aromatic heterocycles. The van der Waals surface area contributed by atoms with Gasteiger partial charge in [0.15, 0.2) is 0 Å². The minimum absolute atomic E-state index is 0.702. The van der Waals surface area contributed by atoms with Crippen molar-refractivity contribution in [1.82, 2.24) is 29.6 Å². The fraction of sp³-hybridized carbons (Fsp3) is 0.444. The summed E-state index contributed by atoms with van der Waals surface area (Å²) in [6.07, 6.45) is 5.30. The zero-order chi connectivity index (χ0) is 10.7. The summed E-state index contributed by atoms with van der Waals surface area (Å²) in [5.74, 6) is 1.92. The first-order valence-corrected chi connectivity index (χ1v) is 4.78. The molecular weight excluding hydrogens is 192 g/mol. The van der Waals surface area contributed by atoms with Gasteiger partial charge in [-0.25, -0.2) is 9.97 Å². The predicted octanol–water partition coefficient (Wildman–Crippen LogP) is -0.221. The van der Waals surface area contributed by atoms with Gasteiger partial charge >= 0.3 is 0 Å². The molecule has 0 unspecified atom stereocenters. The van der Waals surface area contributed by atoms with E-state index in [2.05, 4.69) is 25.0 Å². The Labute approximate surface area is 88.0 Å². The average molecular weight is 206 g/mol. The van der Waals surface area contributed by atoms with Crippen LogP contribution in [0.1, 0.15) is 11.6 Å². The summed E-state index contributed by atoms with van der Waals surface area (Å²) in [7, 11) is 3.79. The molecule has 0 atom stereocenters. The van der Waals surface area contributed by atoms with E-state index in [1.165, 1.54) is 0 Å². The van der Waals surface area contributed by atoms with Gasteiger partial charge < -0.3 is 9.88 Å². The van der Waals surface area contributed by atoms with E-state index in [0.717, 1.165) is 18.2 Å². The van der Waals surface area contributed by atoms with Gasteiger partial charge in [0, 0.05) is 19.4 Å². The summed E-state index contributed by atoms with van der Waals surface area (Å²) in [5, 5.41) is 7.11. The lowest BCUT2D eigenvalue weighted by molar-refractivity contribution is 0.616. The first kappa shape index (κ1) is 9.85. The average Bonchev–Trinajstić information content (AvgIpc) is 2.80. The van der Waals surface area contributed by atoms with Crippen molar-refractivity contribution in [3.8, 4) is 0 Å². The van der Waals surface area contributed by atoms with Gasteiger partial charge in [0.05, 0.1) is 13.1 Å². The highest BCUT2D eigenvalue weighted by Crippen LogP contribution is 2.01. The molecule has 0 aliphatic heterocycles. The molecule has 0 radical (unpaired) electrons. The molecule has 0 amide bonds. The van der Waals surface area contributed by atoms with E-state index in [0.29, 0.717) is 6.54 Å². The molecule has 0 bridgehead atoms. The maximum Gasteiger partial charge on any atom is 0.146 e. The molecule has 15 heavy (non-hydrogen) atoms. The lowest BCUT2D eigenvalue weighted by Crippen LogP contribution is -2.14. The Morgan fingerprint density at radius 2 is 2.20 bits per heavy atom. The number of imidazole rings is 1. The quantitative estimate of drug-likeness (QED) is 0.751. The Morgan fingerprint density at radius 3 is 2.87 bits per heavy atom. The topological polar surface area (TPSA) is 60.6 Å². The maximum atomic E-state index is 4.26. The Morgan fingerprint density at radius 1 is 1.33 bits per heavy atom. The lowest BCUT2D eigenvalue weighted by Gasteiger charge is -2.06. The van der Waals surface area contributed by atoms with Crippen LogP contribution in [0.15, 0.2) is 18.7 Å². The van der Waals surface area contributed by atoms with Crippen LogP contribution in [0, 0.1) is 0 Å². The second-order valence-electron chi connectivity index (χ2n) is 3.30. The number of aryl methyl sites for hydroxylation is 1. The molecule has 0 saturated heterocycles. The summed E-state index contributed by atoms with van der Waals surface area (Å²) in [6, 6.07) is 0. The zero-order valence-electron chi connectivity index (χ0n) is 8.88. The summed E-state index contributed by atoms with van der Waals surface area (Å²) >= 11 is 0. The van der Waals surface area contributed by atoms with E-state index in [9.17, 15) is 0 Å². The Hall–Kier alpha value is -1.69. The molecule has 0 fully saturated rings. The number of aromatic nitrogens is 5. The van der Waals surface area contributed by atoms with E-state index in [-0.39, 0.29) is 0 Å². The first-order chi connectivity index (χ1) is 7.31. The molecule has 0 saturated carbocycles. The molecule has 0 aliphatic rings. The monoisotopic (exact) mass is 206 g/mol. The molecular formula is C9H14N6. The van der Waals surface area contributed by atoms with Crippen molar-refractivity contribution >= 4 is 0 Å². The molecule has 6 nitrogen and oxygen atoms in total. The summed E-state index contributed by atoms with van der Waals surface area (Å²) in [4.78, 5) is 8.43. The van der Waals surface area contributed by atoms with Crippen LogP contribution in [0.5, 0.6) is 0 Å². The second kappa shape index (κ2) is 4.22. The zero-order valence-corrected chi connectivity index (χ0v) is 8.88. The molecule has 6 heteroatoms. The summed E-state index contributed by atoms with van der Waals surface area (Å²) < 4.78 is 3.82. The minimum Gasteiger partial charge on any atom is -0.326 e. The van der Waals surface area contributed by atoms with Crippen LogP contribution in [-0.4, -0.2) is 31.4 Å². The largest absolute Gasteiger partial charge is 0.326 e. The Balaban J connectivity index is 2.17. The fourth-order valence-electron chi connectivity index (χ4n) is 1.42. The third kappa shape index (κ3) is 2.04. The first-order valence-electron chi connectivity index (χ1n) is 4.78. The highest BCUT2D eigenvalue weighted by atomic mass is 15.3. The van der Waals surface area contributed by atoms with Crippen LogP contribution in [0.3, 0.4) is 0 Å². The summed E-state index contributed by atoms with van der Waals surface area (Å²) in [6.45, 7) is 1.46. The highest BCUT2D eigenvalue weighted by Gasteiger charge is 2.05. The van der Waals surface area contributed by atoms with Gasteiger partial charge in [-0.1, -0.05) is 0 Å². The van der Waals surface area contributed by atoms with Crippen LogP contribution in [0.25, 0.3) is 0 Å². The fourth-order valence-corrected chi connectivity index (χ4v) is 1.42. The van der Waals surface area contributed by atoms with Crippen LogP contribution in [-0.2, 0) is 20.1 Å². The molecule has 1 N–H and O–H groups in total. The molecule has 2 aromatic rings. The third-order valence-electron chi connectivity index (χ3n) is 2.25. The lowest BCUT2D eigenvalue weighted by atomic mass is 10.5. The smallest absolute Gasteiger partial charge is 0.146 e. The molecule has 2 rings (SSSR count). The van der Waals surface area contributed by atoms with Crippen molar-refractivity contribution < 1.29 is 0 Å². The second-order valence-corrected chi connectivity index (χ2v) is 3.30. The van der Waals surface area contributed by atoms with Crippen LogP contribution >= 0.6 is 0 Å². The third-order valence-corrected chi connectivity index (χ3v) is 2.25. The van der Waals surface area contributed by atoms with Crippen LogP contribution in [0.4, 0.5) is 0 Å².